The highest BCUT2D eigenvalue weighted by molar-refractivity contribution is 5.73. The number of unbranched alkanes of at least 4 members (excludes halogenated alkanes) is 13. The molecule has 0 aromatic heterocycles. The van der Waals surface area contributed by atoms with E-state index in [0.29, 0.717) is 6.61 Å². The summed E-state index contributed by atoms with van der Waals surface area (Å²) in [5.74, 6) is -2.20. The van der Waals surface area contributed by atoms with Crippen molar-refractivity contribution in [2.24, 2.45) is 0 Å². The number of hydrogen-bond donors (Lipinski definition) is 1. The molecule has 0 spiro atoms. The second-order valence-corrected chi connectivity index (χ2v) is 10.7. The van der Waals surface area contributed by atoms with E-state index in [0.717, 1.165) is 19.3 Å². The summed E-state index contributed by atoms with van der Waals surface area (Å²) in [5, 5.41) is 2.71. The Balaban J connectivity index is 2.55. The van der Waals surface area contributed by atoms with Gasteiger partial charge in [-0.3, -0.25) is 19.2 Å². The quantitative estimate of drug-likeness (QED) is 0.113. The van der Waals surface area contributed by atoms with E-state index < -0.39 is 54.5 Å². The van der Waals surface area contributed by atoms with Crippen molar-refractivity contribution in [2.75, 3.05) is 13.2 Å². The minimum Gasteiger partial charge on any atom is -0.463 e. The van der Waals surface area contributed by atoms with Crippen LogP contribution in [0.2, 0.25) is 0 Å². The first-order valence-corrected chi connectivity index (χ1v) is 15.2. The molecule has 40 heavy (non-hydrogen) atoms. The van der Waals surface area contributed by atoms with Crippen molar-refractivity contribution >= 4 is 23.8 Å². The second kappa shape index (κ2) is 21.5. The van der Waals surface area contributed by atoms with Crippen LogP contribution in [0.15, 0.2) is 0 Å². The molecule has 0 aliphatic carbocycles. The SMILES string of the molecule is CCCCCCCCCCCCCCCCO[C@@H]1O[C@H](COC(C)=O)[C@@H](OC(C)=O)[C@H](OC(C)=O)[C@H]1NC(C)=O. The zero-order valence-electron chi connectivity index (χ0n) is 25.4. The lowest BCUT2D eigenvalue weighted by Gasteiger charge is -2.44. The zero-order valence-corrected chi connectivity index (χ0v) is 25.4. The Morgan fingerprint density at radius 2 is 1.12 bits per heavy atom. The van der Waals surface area contributed by atoms with Crippen molar-refractivity contribution < 1.29 is 42.9 Å². The average molecular weight is 572 g/mol. The molecule has 1 saturated heterocycles. The van der Waals surface area contributed by atoms with Crippen LogP contribution in [0.3, 0.4) is 0 Å². The van der Waals surface area contributed by atoms with Crippen LogP contribution in [0.25, 0.3) is 0 Å². The van der Waals surface area contributed by atoms with Gasteiger partial charge < -0.3 is 29.0 Å². The van der Waals surface area contributed by atoms with Crippen LogP contribution in [0.4, 0.5) is 0 Å². The van der Waals surface area contributed by atoms with E-state index >= 15 is 0 Å². The summed E-state index contributed by atoms with van der Waals surface area (Å²) in [6.45, 7) is 7.37. The fourth-order valence-electron chi connectivity index (χ4n) is 4.93. The van der Waals surface area contributed by atoms with Gasteiger partial charge in [0.15, 0.2) is 18.5 Å². The van der Waals surface area contributed by atoms with Crippen molar-refractivity contribution in [1.29, 1.82) is 0 Å². The first-order valence-electron chi connectivity index (χ1n) is 15.2. The van der Waals surface area contributed by atoms with Gasteiger partial charge in [-0.05, 0) is 6.42 Å². The highest BCUT2D eigenvalue weighted by Crippen LogP contribution is 2.28. The lowest BCUT2D eigenvalue weighted by Crippen LogP contribution is -2.66. The molecule has 1 amide bonds. The number of carbonyl (C=O) groups excluding carboxylic acids is 4. The van der Waals surface area contributed by atoms with Crippen molar-refractivity contribution in [2.45, 2.75) is 155 Å². The Morgan fingerprint density at radius 3 is 1.57 bits per heavy atom. The van der Waals surface area contributed by atoms with Gasteiger partial charge in [0.1, 0.15) is 18.8 Å². The van der Waals surface area contributed by atoms with E-state index in [1.165, 1.54) is 98.3 Å². The van der Waals surface area contributed by atoms with Crippen molar-refractivity contribution in [1.82, 2.24) is 5.32 Å². The molecule has 0 saturated carbocycles. The van der Waals surface area contributed by atoms with Crippen LogP contribution in [0.5, 0.6) is 0 Å². The number of rotatable bonds is 21. The van der Waals surface area contributed by atoms with Crippen LogP contribution in [-0.4, -0.2) is 67.7 Å². The summed E-state index contributed by atoms with van der Waals surface area (Å²) >= 11 is 0. The largest absolute Gasteiger partial charge is 0.463 e. The highest BCUT2D eigenvalue weighted by Gasteiger charge is 2.51. The van der Waals surface area contributed by atoms with Gasteiger partial charge in [0, 0.05) is 34.3 Å². The maximum absolute atomic E-state index is 12.0. The van der Waals surface area contributed by atoms with Crippen LogP contribution >= 0.6 is 0 Å². The molecule has 1 heterocycles. The third-order valence-corrected chi connectivity index (χ3v) is 6.85. The molecule has 10 nitrogen and oxygen atoms in total. The molecule has 5 atom stereocenters. The summed E-state index contributed by atoms with van der Waals surface area (Å²) in [6, 6.07) is -0.925. The first kappa shape index (κ1) is 35.8. The molecule has 1 rings (SSSR count). The van der Waals surface area contributed by atoms with Gasteiger partial charge in [0.25, 0.3) is 0 Å². The van der Waals surface area contributed by atoms with Gasteiger partial charge in [0.2, 0.25) is 5.91 Å². The smallest absolute Gasteiger partial charge is 0.303 e. The van der Waals surface area contributed by atoms with Gasteiger partial charge in [0.05, 0.1) is 0 Å². The summed E-state index contributed by atoms with van der Waals surface area (Å²) < 4.78 is 28.0. The number of esters is 3. The molecule has 1 aliphatic heterocycles. The highest BCUT2D eigenvalue weighted by atomic mass is 16.7. The van der Waals surface area contributed by atoms with E-state index in [-0.39, 0.29) is 6.61 Å². The summed E-state index contributed by atoms with van der Waals surface area (Å²) in [4.78, 5) is 47.2. The predicted molar refractivity (Wildman–Crippen MR) is 150 cm³/mol. The molecular weight excluding hydrogens is 518 g/mol. The molecule has 1 N–H and O–H groups in total. The third kappa shape index (κ3) is 16.2. The Kier molecular flexibility index (Phi) is 19.3. The molecule has 232 valence electrons. The average Bonchev–Trinajstić information content (AvgIpc) is 2.87. The van der Waals surface area contributed by atoms with Crippen molar-refractivity contribution in [3.8, 4) is 0 Å². The maximum atomic E-state index is 12.0. The van der Waals surface area contributed by atoms with Crippen molar-refractivity contribution in [3.63, 3.8) is 0 Å². The van der Waals surface area contributed by atoms with Gasteiger partial charge in [-0.2, -0.15) is 0 Å². The maximum Gasteiger partial charge on any atom is 0.303 e. The topological polar surface area (TPSA) is 126 Å². The molecule has 1 aliphatic rings. The van der Waals surface area contributed by atoms with Gasteiger partial charge in [-0.1, -0.05) is 90.4 Å². The van der Waals surface area contributed by atoms with Gasteiger partial charge >= 0.3 is 17.9 Å². The minimum atomic E-state index is -1.11. The number of nitrogens with one attached hydrogen (secondary N) is 1. The number of amides is 1. The summed E-state index contributed by atoms with van der Waals surface area (Å²) in [7, 11) is 0. The van der Waals surface area contributed by atoms with Gasteiger partial charge in [-0.25, -0.2) is 0 Å². The van der Waals surface area contributed by atoms with Crippen LogP contribution in [0, 0.1) is 0 Å². The van der Waals surface area contributed by atoms with E-state index in [2.05, 4.69) is 12.2 Å². The predicted octanol–water partition coefficient (Wildman–Crippen LogP) is 5.14. The fourth-order valence-corrected chi connectivity index (χ4v) is 4.93. The minimum absolute atomic E-state index is 0.240. The Labute approximate surface area is 240 Å². The zero-order chi connectivity index (χ0) is 29.8. The van der Waals surface area contributed by atoms with Crippen LogP contribution in [0.1, 0.15) is 125 Å². The molecule has 10 heteroatoms. The number of hydrogen-bond acceptors (Lipinski definition) is 9. The number of carbonyl (C=O) groups is 4. The van der Waals surface area contributed by atoms with E-state index in [1.54, 1.807) is 0 Å². The Bertz CT molecular complexity index is 745. The standard InChI is InChI=1S/C30H53NO9/c1-6-7-8-9-10-11-12-13-14-15-16-17-18-19-20-36-30-27(31-22(2)32)29(39-25(5)35)28(38-24(4)34)26(40-30)21-37-23(3)33/h26-30H,6-21H2,1-5H3,(H,31,32)/t26-,27-,28-,29-,30-/m1/s1. The lowest BCUT2D eigenvalue weighted by molar-refractivity contribution is -0.277. The van der Waals surface area contributed by atoms with E-state index in [4.69, 9.17) is 23.7 Å². The van der Waals surface area contributed by atoms with Crippen LogP contribution in [-0.2, 0) is 42.9 Å². The first-order chi connectivity index (χ1) is 19.1. The molecule has 1 fully saturated rings. The van der Waals surface area contributed by atoms with Gasteiger partial charge in [-0.15, -0.1) is 0 Å². The monoisotopic (exact) mass is 571 g/mol. The van der Waals surface area contributed by atoms with Crippen molar-refractivity contribution in [3.05, 3.63) is 0 Å². The summed E-state index contributed by atoms with van der Waals surface area (Å²) in [6.07, 6.45) is 13.2. The Hall–Kier alpha value is -2.20. The molecule has 0 bridgehead atoms. The second-order valence-electron chi connectivity index (χ2n) is 10.7. The molecule has 0 aromatic rings. The summed E-state index contributed by atoms with van der Waals surface area (Å²) in [5.41, 5.74) is 0. The number of ether oxygens (including phenoxy) is 5. The lowest BCUT2D eigenvalue weighted by atomic mass is 9.96. The Morgan fingerprint density at radius 1 is 0.650 bits per heavy atom. The van der Waals surface area contributed by atoms with E-state index in [1.807, 2.05) is 0 Å². The molecule has 0 radical (unpaired) electrons. The van der Waals surface area contributed by atoms with E-state index in [9.17, 15) is 19.2 Å². The third-order valence-electron chi connectivity index (χ3n) is 6.85. The van der Waals surface area contributed by atoms with Crippen LogP contribution < -0.4 is 5.32 Å². The molecule has 0 unspecified atom stereocenters. The molecular formula is C30H53NO9. The fraction of sp³-hybridized carbons (Fsp3) is 0.867. The molecule has 0 aromatic carbocycles. The normalized spacial score (nSPS) is 22.4.